The van der Waals surface area contributed by atoms with Crippen LogP contribution in [0.3, 0.4) is 0 Å². The molecule has 6 nitrogen and oxygen atoms in total. The van der Waals surface area contributed by atoms with Crippen molar-refractivity contribution in [1.82, 2.24) is 14.8 Å². The Morgan fingerprint density at radius 1 is 1.10 bits per heavy atom. The van der Waals surface area contributed by atoms with Crippen molar-refractivity contribution >= 4 is 22.9 Å². The zero-order valence-corrected chi connectivity index (χ0v) is 18.0. The number of benzene rings is 2. The van der Waals surface area contributed by atoms with E-state index < -0.39 is 11.8 Å². The smallest absolute Gasteiger partial charge is 0.277 e. The number of aromatic nitrogens is 3. The SMILES string of the molecule is Cc1[nH]n(-c2ncc(-c3ccc(Cl)cc3)s2)c(=O)c1C(c1ccccc1)C(C#N)C#N. The van der Waals surface area contributed by atoms with E-state index in [4.69, 9.17) is 11.6 Å². The van der Waals surface area contributed by atoms with E-state index in [1.165, 1.54) is 16.0 Å². The molecule has 4 rings (SSSR count). The summed E-state index contributed by atoms with van der Waals surface area (Å²) in [6.45, 7) is 1.77. The van der Waals surface area contributed by atoms with Gasteiger partial charge in [0.25, 0.3) is 5.56 Å². The number of aryl methyl sites for hydroxylation is 1. The highest BCUT2D eigenvalue weighted by Crippen LogP contribution is 2.33. The summed E-state index contributed by atoms with van der Waals surface area (Å²) in [5, 5.41) is 23.3. The second-order valence-electron chi connectivity index (χ2n) is 6.93. The summed E-state index contributed by atoms with van der Waals surface area (Å²) in [6, 6.07) is 20.6. The number of nitrogens with zero attached hydrogens (tertiary/aromatic N) is 4. The fourth-order valence-corrected chi connectivity index (χ4v) is 4.55. The average molecular weight is 446 g/mol. The summed E-state index contributed by atoms with van der Waals surface area (Å²) >= 11 is 7.32. The quantitative estimate of drug-likeness (QED) is 0.464. The lowest BCUT2D eigenvalue weighted by Gasteiger charge is -2.16. The Balaban J connectivity index is 1.80. The molecule has 31 heavy (non-hydrogen) atoms. The third-order valence-electron chi connectivity index (χ3n) is 5.01. The van der Waals surface area contributed by atoms with Crippen LogP contribution in [0, 0.1) is 35.5 Å². The van der Waals surface area contributed by atoms with Crippen LogP contribution in [-0.4, -0.2) is 14.8 Å². The zero-order valence-electron chi connectivity index (χ0n) is 16.4. The van der Waals surface area contributed by atoms with Crippen molar-refractivity contribution in [3.8, 4) is 27.7 Å². The third kappa shape index (κ3) is 3.89. The van der Waals surface area contributed by atoms with Crippen LogP contribution in [-0.2, 0) is 0 Å². The van der Waals surface area contributed by atoms with Gasteiger partial charge in [0.2, 0.25) is 5.13 Å². The van der Waals surface area contributed by atoms with E-state index in [2.05, 4.69) is 10.1 Å². The summed E-state index contributed by atoms with van der Waals surface area (Å²) in [7, 11) is 0. The molecule has 0 bridgehead atoms. The van der Waals surface area contributed by atoms with Gasteiger partial charge in [-0.1, -0.05) is 65.4 Å². The first-order valence-electron chi connectivity index (χ1n) is 9.41. The first-order chi connectivity index (χ1) is 15.0. The summed E-state index contributed by atoms with van der Waals surface area (Å²) < 4.78 is 1.37. The number of aromatic amines is 1. The van der Waals surface area contributed by atoms with Gasteiger partial charge in [-0.2, -0.15) is 15.2 Å². The predicted octanol–water partition coefficient (Wildman–Crippen LogP) is 5.05. The number of thiazole rings is 1. The van der Waals surface area contributed by atoms with Gasteiger partial charge in [0.1, 0.15) is 5.92 Å². The van der Waals surface area contributed by atoms with E-state index in [0.29, 0.717) is 21.4 Å². The highest BCUT2D eigenvalue weighted by Gasteiger charge is 2.31. The number of rotatable bonds is 5. The van der Waals surface area contributed by atoms with Crippen molar-refractivity contribution < 1.29 is 0 Å². The molecule has 152 valence electrons. The van der Waals surface area contributed by atoms with Crippen molar-refractivity contribution in [3.63, 3.8) is 0 Å². The minimum Gasteiger partial charge on any atom is -0.293 e. The maximum absolute atomic E-state index is 13.4. The van der Waals surface area contributed by atoms with E-state index in [1.54, 1.807) is 25.3 Å². The van der Waals surface area contributed by atoms with Crippen LogP contribution in [0.25, 0.3) is 15.6 Å². The second-order valence-corrected chi connectivity index (χ2v) is 8.37. The van der Waals surface area contributed by atoms with Gasteiger partial charge >= 0.3 is 0 Å². The minimum atomic E-state index is -1.00. The predicted molar refractivity (Wildman–Crippen MR) is 120 cm³/mol. The van der Waals surface area contributed by atoms with E-state index in [1.807, 2.05) is 54.6 Å². The molecule has 0 spiro atoms. The van der Waals surface area contributed by atoms with Crippen LogP contribution in [0.15, 0.2) is 65.6 Å². The standard InChI is InChI=1S/C23H16ClN5OS/c1-14-20(21(17(11-25)12-26)16-5-3-2-4-6-16)22(30)29(28-14)23-27-13-19(31-23)15-7-9-18(24)10-8-15/h2-10,13,17,21,28H,1H3. The lowest BCUT2D eigenvalue weighted by atomic mass is 9.82. The van der Waals surface area contributed by atoms with Gasteiger partial charge in [-0.05, 0) is 30.2 Å². The molecule has 1 N–H and O–H groups in total. The normalized spacial score (nSPS) is 11.8. The molecular weight excluding hydrogens is 430 g/mol. The largest absolute Gasteiger partial charge is 0.293 e. The summed E-state index contributed by atoms with van der Waals surface area (Å²) in [5.74, 6) is -1.67. The van der Waals surface area contributed by atoms with E-state index >= 15 is 0 Å². The number of hydrogen-bond donors (Lipinski definition) is 1. The van der Waals surface area contributed by atoms with Crippen LogP contribution in [0.1, 0.15) is 22.7 Å². The van der Waals surface area contributed by atoms with Crippen LogP contribution in [0.5, 0.6) is 0 Å². The van der Waals surface area contributed by atoms with Crippen molar-refractivity contribution in [2.24, 2.45) is 5.92 Å². The Morgan fingerprint density at radius 2 is 1.77 bits per heavy atom. The van der Waals surface area contributed by atoms with Gasteiger partial charge < -0.3 is 0 Å². The molecule has 0 saturated heterocycles. The topological polar surface area (TPSA) is 98.3 Å². The summed E-state index contributed by atoms with van der Waals surface area (Å²) in [4.78, 5) is 18.7. The Kier molecular flexibility index (Phi) is 5.73. The number of H-pyrrole nitrogens is 1. The molecule has 2 heterocycles. The van der Waals surface area contributed by atoms with Crippen molar-refractivity contribution in [1.29, 1.82) is 10.5 Å². The Bertz CT molecular complexity index is 1340. The lowest BCUT2D eigenvalue weighted by molar-refractivity contribution is 0.699. The van der Waals surface area contributed by atoms with E-state index in [-0.39, 0.29) is 5.56 Å². The Hall–Kier alpha value is -3.65. The molecule has 4 aromatic rings. The maximum atomic E-state index is 13.4. The molecule has 0 amide bonds. The zero-order chi connectivity index (χ0) is 22.0. The molecular formula is C23H16ClN5OS. The molecule has 1 atom stereocenters. The van der Waals surface area contributed by atoms with Gasteiger partial charge in [0.15, 0.2) is 0 Å². The highest BCUT2D eigenvalue weighted by molar-refractivity contribution is 7.17. The van der Waals surface area contributed by atoms with Crippen LogP contribution < -0.4 is 5.56 Å². The monoisotopic (exact) mass is 445 g/mol. The van der Waals surface area contributed by atoms with Gasteiger partial charge in [-0.3, -0.25) is 9.89 Å². The number of hydrogen-bond acceptors (Lipinski definition) is 5. The fourth-order valence-electron chi connectivity index (χ4n) is 3.54. The molecule has 8 heteroatoms. The van der Waals surface area contributed by atoms with E-state index in [9.17, 15) is 15.3 Å². The lowest BCUT2D eigenvalue weighted by Crippen LogP contribution is -2.23. The first-order valence-corrected chi connectivity index (χ1v) is 10.6. The Morgan fingerprint density at radius 3 is 2.42 bits per heavy atom. The molecule has 0 aliphatic carbocycles. The van der Waals surface area contributed by atoms with E-state index in [0.717, 1.165) is 16.0 Å². The number of nitrogens with one attached hydrogen (secondary N) is 1. The van der Waals surface area contributed by atoms with Gasteiger partial charge in [-0.15, -0.1) is 0 Å². The van der Waals surface area contributed by atoms with Gasteiger partial charge in [0.05, 0.1) is 17.0 Å². The highest BCUT2D eigenvalue weighted by atomic mass is 35.5. The summed E-state index contributed by atoms with van der Waals surface area (Å²) in [5.41, 5.74) is 2.35. The molecule has 0 aliphatic rings. The maximum Gasteiger partial charge on any atom is 0.277 e. The number of nitriles is 2. The first kappa shape index (κ1) is 20.6. The molecule has 0 radical (unpaired) electrons. The van der Waals surface area contributed by atoms with Crippen molar-refractivity contribution in [2.75, 3.05) is 0 Å². The van der Waals surface area contributed by atoms with Crippen molar-refractivity contribution in [3.05, 3.63) is 93.0 Å². The van der Waals surface area contributed by atoms with Gasteiger partial charge in [-0.25, -0.2) is 4.98 Å². The van der Waals surface area contributed by atoms with Crippen LogP contribution >= 0.6 is 22.9 Å². The minimum absolute atomic E-state index is 0.321. The molecule has 1 unspecified atom stereocenters. The van der Waals surface area contributed by atoms with Gasteiger partial charge in [0, 0.05) is 28.4 Å². The third-order valence-corrected chi connectivity index (χ3v) is 6.30. The number of halogens is 1. The average Bonchev–Trinajstić information content (AvgIpc) is 3.38. The molecule has 0 aliphatic heterocycles. The Labute approximate surface area is 187 Å². The molecule has 2 aromatic carbocycles. The molecule has 0 fully saturated rings. The van der Waals surface area contributed by atoms with Crippen LogP contribution in [0.2, 0.25) is 5.02 Å². The fraction of sp³-hybridized carbons (Fsp3) is 0.130. The summed E-state index contributed by atoms with van der Waals surface area (Å²) in [6.07, 6.45) is 1.70. The van der Waals surface area contributed by atoms with Crippen LogP contribution in [0.4, 0.5) is 0 Å². The van der Waals surface area contributed by atoms with Crippen molar-refractivity contribution in [2.45, 2.75) is 12.8 Å². The molecule has 2 aromatic heterocycles. The molecule has 0 saturated carbocycles. The second kappa shape index (κ2) is 8.61.